The maximum atomic E-state index is 13.0. The second-order valence-electron chi connectivity index (χ2n) is 6.04. The van der Waals surface area contributed by atoms with Gasteiger partial charge in [0.15, 0.2) is 0 Å². The second-order valence-corrected chi connectivity index (χ2v) is 6.04. The van der Waals surface area contributed by atoms with Crippen LogP contribution < -0.4 is 9.64 Å². The second kappa shape index (κ2) is 6.14. The van der Waals surface area contributed by atoms with Crippen LogP contribution in [0.2, 0.25) is 0 Å². The quantitative estimate of drug-likeness (QED) is 0.842. The highest BCUT2D eigenvalue weighted by Gasteiger charge is 2.28. The molecule has 0 aliphatic carbocycles. The lowest BCUT2D eigenvalue weighted by Crippen LogP contribution is -2.48. The normalized spacial score (nSPS) is 17.4. The Morgan fingerprint density at radius 2 is 1.83 bits per heavy atom. The van der Waals surface area contributed by atoms with Crippen LogP contribution in [0.1, 0.15) is 16.8 Å². The molecule has 2 aliphatic heterocycles. The summed E-state index contributed by atoms with van der Waals surface area (Å²) in [5.41, 5.74) is 1.53. The number of aryl methyl sites for hydroxylation is 1. The van der Waals surface area contributed by atoms with E-state index in [9.17, 15) is 9.18 Å². The lowest BCUT2D eigenvalue weighted by Gasteiger charge is -2.36. The summed E-state index contributed by atoms with van der Waals surface area (Å²) in [6.07, 6.45) is 2.52. The summed E-state index contributed by atoms with van der Waals surface area (Å²) in [7, 11) is 0. The summed E-state index contributed by atoms with van der Waals surface area (Å²) in [5.74, 6) is 0.322. The SMILES string of the molecule is O=C(c1cnn2c1OCCC2)N1CCN(c2ccc(F)cc2)CC1. The standard InChI is InChI=1S/C17H19FN4O2/c18-13-2-4-14(5-3-13)20-7-9-21(10-8-20)16(23)15-12-19-22-6-1-11-24-17(15)22/h2-5,12H,1,6-11H2. The minimum atomic E-state index is -0.237. The summed E-state index contributed by atoms with van der Waals surface area (Å²) in [6.45, 7) is 4.12. The first-order valence-electron chi connectivity index (χ1n) is 8.21. The molecular weight excluding hydrogens is 311 g/mol. The fourth-order valence-corrected chi connectivity index (χ4v) is 3.21. The number of fused-ring (bicyclic) bond motifs is 1. The number of halogens is 1. The van der Waals surface area contributed by atoms with Crippen molar-refractivity contribution in [3.63, 3.8) is 0 Å². The molecule has 4 rings (SSSR count). The molecule has 1 aromatic heterocycles. The molecule has 0 N–H and O–H groups in total. The van der Waals surface area contributed by atoms with Crippen molar-refractivity contribution < 1.29 is 13.9 Å². The summed E-state index contributed by atoms with van der Waals surface area (Å²) in [6, 6.07) is 6.47. The number of ether oxygens (including phenoxy) is 1. The van der Waals surface area contributed by atoms with Crippen LogP contribution in [0.15, 0.2) is 30.5 Å². The van der Waals surface area contributed by atoms with Gasteiger partial charge in [0, 0.05) is 44.8 Å². The van der Waals surface area contributed by atoms with Crippen LogP contribution >= 0.6 is 0 Å². The molecule has 1 saturated heterocycles. The van der Waals surface area contributed by atoms with E-state index in [1.807, 2.05) is 4.90 Å². The van der Waals surface area contributed by atoms with Crippen LogP contribution in [0.25, 0.3) is 0 Å². The number of benzene rings is 1. The zero-order valence-corrected chi connectivity index (χ0v) is 13.3. The van der Waals surface area contributed by atoms with E-state index in [1.54, 1.807) is 23.0 Å². The molecule has 1 aromatic carbocycles. The van der Waals surface area contributed by atoms with Gasteiger partial charge in [0.1, 0.15) is 11.4 Å². The molecule has 1 fully saturated rings. The fraction of sp³-hybridized carbons (Fsp3) is 0.412. The summed E-state index contributed by atoms with van der Waals surface area (Å²) in [4.78, 5) is 16.7. The fourth-order valence-electron chi connectivity index (χ4n) is 3.21. The van der Waals surface area contributed by atoms with Crippen LogP contribution in [0.3, 0.4) is 0 Å². The minimum absolute atomic E-state index is 0.0306. The number of piperazine rings is 1. The molecule has 0 atom stereocenters. The van der Waals surface area contributed by atoms with Gasteiger partial charge in [0.2, 0.25) is 5.88 Å². The van der Waals surface area contributed by atoms with Gasteiger partial charge < -0.3 is 14.5 Å². The van der Waals surface area contributed by atoms with Gasteiger partial charge in [-0.2, -0.15) is 5.10 Å². The van der Waals surface area contributed by atoms with Gasteiger partial charge in [-0.25, -0.2) is 9.07 Å². The smallest absolute Gasteiger partial charge is 0.261 e. The first-order valence-corrected chi connectivity index (χ1v) is 8.21. The average Bonchev–Trinajstić information content (AvgIpc) is 3.06. The van der Waals surface area contributed by atoms with E-state index in [2.05, 4.69) is 10.00 Å². The van der Waals surface area contributed by atoms with Crippen molar-refractivity contribution in [2.24, 2.45) is 0 Å². The van der Waals surface area contributed by atoms with Crippen molar-refractivity contribution >= 4 is 11.6 Å². The number of rotatable bonds is 2. The maximum Gasteiger partial charge on any atom is 0.261 e. The molecule has 24 heavy (non-hydrogen) atoms. The van der Waals surface area contributed by atoms with Crippen molar-refractivity contribution in [3.8, 4) is 5.88 Å². The number of hydrogen-bond donors (Lipinski definition) is 0. The largest absolute Gasteiger partial charge is 0.477 e. The Morgan fingerprint density at radius 3 is 2.58 bits per heavy atom. The van der Waals surface area contributed by atoms with E-state index in [-0.39, 0.29) is 11.7 Å². The topological polar surface area (TPSA) is 50.6 Å². The predicted octanol–water partition coefficient (Wildman–Crippen LogP) is 1.77. The number of aromatic nitrogens is 2. The first-order chi connectivity index (χ1) is 11.7. The molecule has 1 amide bonds. The van der Waals surface area contributed by atoms with Gasteiger partial charge in [-0.1, -0.05) is 0 Å². The van der Waals surface area contributed by atoms with Crippen LogP contribution in [0.4, 0.5) is 10.1 Å². The number of carbonyl (C=O) groups is 1. The third kappa shape index (κ3) is 2.70. The maximum absolute atomic E-state index is 13.0. The molecule has 3 heterocycles. The van der Waals surface area contributed by atoms with Crippen LogP contribution in [0, 0.1) is 5.82 Å². The highest BCUT2D eigenvalue weighted by Crippen LogP contribution is 2.25. The summed E-state index contributed by atoms with van der Waals surface area (Å²) < 4.78 is 20.4. The lowest BCUT2D eigenvalue weighted by molar-refractivity contribution is 0.0740. The molecular formula is C17H19FN4O2. The van der Waals surface area contributed by atoms with Gasteiger partial charge >= 0.3 is 0 Å². The number of hydrogen-bond acceptors (Lipinski definition) is 4. The third-order valence-electron chi connectivity index (χ3n) is 4.53. The van der Waals surface area contributed by atoms with E-state index in [4.69, 9.17) is 4.74 Å². The molecule has 7 heteroatoms. The summed E-state index contributed by atoms with van der Waals surface area (Å²) >= 11 is 0. The van der Waals surface area contributed by atoms with Gasteiger partial charge in [-0.05, 0) is 24.3 Å². The van der Waals surface area contributed by atoms with Crippen molar-refractivity contribution in [1.29, 1.82) is 0 Å². The Bertz CT molecular complexity index is 736. The Labute approximate surface area is 139 Å². The van der Waals surface area contributed by atoms with Crippen LogP contribution in [-0.2, 0) is 6.54 Å². The van der Waals surface area contributed by atoms with E-state index in [0.29, 0.717) is 31.1 Å². The third-order valence-corrected chi connectivity index (χ3v) is 4.53. The Balaban J connectivity index is 1.43. The zero-order valence-electron chi connectivity index (χ0n) is 13.3. The van der Waals surface area contributed by atoms with Gasteiger partial charge in [0.25, 0.3) is 5.91 Å². The molecule has 0 radical (unpaired) electrons. The highest BCUT2D eigenvalue weighted by molar-refractivity contribution is 5.96. The van der Waals surface area contributed by atoms with Crippen molar-refractivity contribution in [2.75, 3.05) is 37.7 Å². The number of anilines is 1. The molecule has 2 aliphatic rings. The van der Waals surface area contributed by atoms with Gasteiger partial charge in [0.05, 0.1) is 12.8 Å². The number of carbonyl (C=O) groups excluding carboxylic acids is 1. The van der Waals surface area contributed by atoms with Crippen molar-refractivity contribution in [3.05, 3.63) is 41.8 Å². The molecule has 2 aromatic rings. The molecule has 0 bridgehead atoms. The monoisotopic (exact) mass is 330 g/mol. The zero-order chi connectivity index (χ0) is 16.5. The minimum Gasteiger partial charge on any atom is -0.477 e. The highest BCUT2D eigenvalue weighted by atomic mass is 19.1. The molecule has 126 valence electrons. The average molecular weight is 330 g/mol. The lowest BCUT2D eigenvalue weighted by atomic mass is 10.2. The van der Waals surface area contributed by atoms with Gasteiger partial charge in [-0.15, -0.1) is 0 Å². The van der Waals surface area contributed by atoms with Crippen LogP contribution in [0.5, 0.6) is 5.88 Å². The number of nitrogens with zero attached hydrogens (tertiary/aromatic N) is 4. The molecule has 0 unspecified atom stereocenters. The van der Waals surface area contributed by atoms with Crippen molar-refractivity contribution in [1.82, 2.24) is 14.7 Å². The number of amides is 1. The van der Waals surface area contributed by atoms with Crippen molar-refractivity contribution in [2.45, 2.75) is 13.0 Å². The molecule has 6 nitrogen and oxygen atoms in total. The molecule has 0 saturated carbocycles. The summed E-state index contributed by atoms with van der Waals surface area (Å²) in [5, 5.41) is 4.24. The Kier molecular flexibility index (Phi) is 3.84. The van der Waals surface area contributed by atoms with E-state index in [1.165, 1.54) is 12.1 Å². The Hall–Kier alpha value is -2.57. The van der Waals surface area contributed by atoms with E-state index >= 15 is 0 Å². The van der Waals surface area contributed by atoms with E-state index < -0.39 is 0 Å². The Morgan fingerprint density at radius 1 is 1.08 bits per heavy atom. The van der Waals surface area contributed by atoms with Crippen LogP contribution in [-0.4, -0.2) is 53.4 Å². The van der Waals surface area contributed by atoms with Gasteiger partial charge in [-0.3, -0.25) is 4.79 Å². The molecule has 0 spiro atoms. The van der Waals surface area contributed by atoms with E-state index in [0.717, 1.165) is 31.7 Å². The predicted molar refractivity (Wildman–Crippen MR) is 86.9 cm³/mol. The first kappa shape index (κ1) is 15.0.